The van der Waals surface area contributed by atoms with Gasteiger partial charge in [0, 0.05) is 15.6 Å². The van der Waals surface area contributed by atoms with Crippen molar-refractivity contribution in [3.63, 3.8) is 0 Å². The molecule has 1 unspecified atom stereocenters. The number of carbonyl (C=O) groups is 1. The average molecular weight is 336 g/mol. The van der Waals surface area contributed by atoms with E-state index in [1.165, 1.54) is 17.0 Å². The number of amides is 1. The number of nitro groups is 1. The van der Waals surface area contributed by atoms with Gasteiger partial charge < -0.3 is 10.0 Å². The summed E-state index contributed by atoms with van der Waals surface area (Å²) in [5.74, 6) is -0.353. The topological polar surface area (TPSA) is 83.7 Å². The number of nitrogens with zero attached hydrogens (tertiary/aromatic N) is 2. The third kappa shape index (κ3) is 2.33. The summed E-state index contributed by atoms with van der Waals surface area (Å²) in [5.41, 5.74) is -0.136. The summed E-state index contributed by atoms with van der Waals surface area (Å²) in [6, 6.07) is 2.65. The number of nitro benzene ring substituents is 1. The van der Waals surface area contributed by atoms with Crippen LogP contribution in [0.3, 0.4) is 0 Å². The number of halogens is 2. The summed E-state index contributed by atoms with van der Waals surface area (Å²) >= 11 is 8.91. The Morgan fingerprint density at radius 1 is 1.56 bits per heavy atom. The van der Waals surface area contributed by atoms with Crippen LogP contribution >= 0.6 is 27.5 Å². The Morgan fingerprint density at radius 3 is 2.72 bits per heavy atom. The van der Waals surface area contributed by atoms with Crippen LogP contribution in [0, 0.1) is 10.1 Å². The second-order valence-electron chi connectivity index (χ2n) is 3.87. The molecule has 0 aliphatic carbocycles. The molecule has 1 aliphatic heterocycles. The van der Waals surface area contributed by atoms with E-state index in [-0.39, 0.29) is 35.3 Å². The zero-order valence-corrected chi connectivity index (χ0v) is 11.3. The molecule has 0 radical (unpaired) electrons. The molecule has 1 aromatic carbocycles. The van der Waals surface area contributed by atoms with E-state index < -0.39 is 11.0 Å². The molecule has 1 amide bonds. The lowest BCUT2D eigenvalue weighted by Gasteiger charge is -2.17. The summed E-state index contributed by atoms with van der Waals surface area (Å²) < 4.78 is 0.351. The van der Waals surface area contributed by atoms with E-state index in [1.54, 1.807) is 0 Å². The van der Waals surface area contributed by atoms with E-state index in [4.69, 9.17) is 11.6 Å². The minimum absolute atomic E-state index is 0.0355. The molecule has 18 heavy (non-hydrogen) atoms. The Bertz CT molecular complexity index is 537. The molecule has 0 aromatic heterocycles. The molecule has 1 saturated heterocycles. The predicted molar refractivity (Wildman–Crippen MR) is 68.8 cm³/mol. The van der Waals surface area contributed by atoms with Crippen molar-refractivity contribution in [1.82, 2.24) is 0 Å². The fourth-order valence-corrected chi connectivity index (χ4v) is 2.87. The molecule has 0 spiro atoms. The van der Waals surface area contributed by atoms with Crippen LogP contribution in [0.1, 0.15) is 6.42 Å². The van der Waals surface area contributed by atoms with Gasteiger partial charge in [0.2, 0.25) is 5.91 Å². The molecule has 0 bridgehead atoms. The fraction of sp³-hybridized carbons (Fsp3) is 0.300. The number of β-amino-alcohol motifs (C(OH)–C–C–N with tert-alkyl or cyclic N) is 1. The average Bonchev–Trinajstić information content (AvgIpc) is 2.56. The maximum absolute atomic E-state index is 11.7. The normalized spacial score (nSPS) is 19.4. The maximum Gasteiger partial charge on any atom is 0.295 e. The van der Waals surface area contributed by atoms with E-state index in [9.17, 15) is 20.0 Å². The first-order chi connectivity index (χ1) is 8.40. The van der Waals surface area contributed by atoms with Gasteiger partial charge in [0.15, 0.2) is 0 Å². The van der Waals surface area contributed by atoms with Gasteiger partial charge in [-0.15, -0.1) is 0 Å². The van der Waals surface area contributed by atoms with Gasteiger partial charge in [0.05, 0.1) is 24.0 Å². The van der Waals surface area contributed by atoms with Crippen molar-refractivity contribution in [1.29, 1.82) is 0 Å². The van der Waals surface area contributed by atoms with Crippen LogP contribution in [0.15, 0.2) is 16.6 Å². The van der Waals surface area contributed by atoms with Gasteiger partial charge in [0.25, 0.3) is 5.69 Å². The quantitative estimate of drug-likeness (QED) is 0.663. The monoisotopic (exact) mass is 334 g/mol. The largest absolute Gasteiger partial charge is 0.391 e. The Hall–Kier alpha value is -1.18. The summed E-state index contributed by atoms with van der Waals surface area (Å²) in [7, 11) is 0. The highest BCUT2D eigenvalue weighted by Crippen LogP contribution is 2.40. The van der Waals surface area contributed by atoms with Crippen LogP contribution in [0.2, 0.25) is 5.02 Å². The molecule has 1 atom stereocenters. The molecule has 0 saturated carbocycles. The van der Waals surface area contributed by atoms with Crippen molar-refractivity contribution in [3.8, 4) is 0 Å². The van der Waals surface area contributed by atoms with Gasteiger partial charge in [-0.05, 0) is 22.0 Å². The number of benzene rings is 1. The molecule has 1 N–H and O–H groups in total. The maximum atomic E-state index is 11.7. The van der Waals surface area contributed by atoms with Crippen molar-refractivity contribution >= 4 is 44.8 Å². The van der Waals surface area contributed by atoms with Crippen molar-refractivity contribution < 1.29 is 14.8 Å². The molecular formula is C10H8BrClN2O4. The van der Waals surface area contributed by atoms with Gasteiger partial charge >= 0.3 is 0 Å². The number of carbonyl (C=O) groups excluding carboxylic acids is 1. The van der Waals surface area contributed by atoms with Crippen LogP contribution in [0.4, 0.5) is 11.4 Å². The van der Waals surface area contributed by atoms with Crippen LogP contribution in [-0.2, 0) is 4.79 Å². The molecule has 1 aromatic rings. The van der Waals surface area contributed by atoms with Gasteiger partial charge in [-0.1, -0.05) is 11.6 Å². The van der Waals surface area contributed by atoms with Gasteiger partial charge in [0.1, 0.15) is 5.69 Å². The van der Waals surface area contributed by atoms with Crippen molar-refractivity contribution in [2.24, 2.45) is 0 Å². The number of anilines is 1. The summed E-state index contributed by atoms with van der Waals surface area (Å²) in [6.45, 7) is 0.0416. The molecule has 1 aliphatic rings. The van der Waals surface area contributed by atoms with E-state index in [0.717, 1.165) is 0 Å². The summed E-state index contributed by atoms with van der Waals surface area (Å²) in [4.78, 5) is 23.3. The third-order valence-corrected chi connectivity index (χ3v) is 3.40. The summed E-state index contributed by atoms with van der Waals surface area (Å²) in [6.07, 6.45) is -0.841. The Balaban J connectivity index is 2.56. The van der Waals surface area contributed by atoms with Gasteiger partial charge in [-0.25, -0.2) is 0 Å². The lowest BCUT2D eigenvalue weighted by Crippen LogP contribution is -2.26. The Kier molecular flexibility index (Phi) is 3.56. The first kappa shape index (κ1) is 13.3. The van der Waals surface area contributed by atoms with Crippen molar-refractivity contribution in [3.05, 3.63) is 31.7 Å². The van der Waals surface area contributed by atoms with Crippen LogP contribution in [0.5, 0.6) is 0 Å². The third-order valence-electron chi connectivity index (χ3n) is 2.58. The highest BCUT2D eigenvalue weighted by molar-refractivity contribution is 9.10. The molecule has 6 nitrogen and oxygen atoms in total. The van der Waals surface area contributed by atoms with E-state index in [1.807, 2.05) is 0 Å². The smallest absolute Gasteiger partial charge is 0.295 e. The van der Waals surface area contributed by atoms with Crippen molar-refractivity contribution in [2.75, 3.05) is 11.4 Å². The van der Waals surface area contributed by atoms with Crippen molar-refractivity contribution in [2.45, 2.75) is 12.5 Å². The second kappa shape index (κ2) is 4.83. The minimum Gasteiger partial charge on any atom is -0.391 e. The zero-order valence-electron chi connectivity index (χ0n) is 8.97. The molecule has 96 valence electrons. The number of aliphatic hydroxyl groups is 1. The fourth-order valence-electron chi connectivity index (χ4n) is 1.86. The number of hydrogen-bond donors (Lipinski definition) is 1. The Labute approximate surface area is 115 Å². The first-order valence-corrected chi connectivity index (χ1v) is 6.19. The van der Waals surface area contributed by atoms with Crippen LogP contribution < -0.4 is 4.90 Å². The molecule has 2 rings (SSSR count). The first-order valence-electron chi connectivity index (χ1n) is 5.02. The lowest BCUT2D eigenvalue weighted by molar-refractivity contribution is -0.384. The SMILES string of the molecule is O=C1CC(O)CN1c1c(Br)cc(Cl)cc1[N+](=O)[O-]. The zero-order chi connectivity index (χ0) is 13.4. The second-order valence-corrected chi connectivity index (χ2v) is 5.17. The van der Waals surface area contributed by atoms with Crippen LogP contribution in [-0.4, -0.2) is 28.6 Å². The lowest BCUT2D eigenvalue weighted by atomic mass is 10.2. The van der Waals surface area contributed by atoms with E-state index in [2.05, 4.69) is 15.9 Å². The van der Waals surface area contributed by atoms with E-state index in [0.29, 0.717) is 4.47 Å². The Morgan fingerprint density at radius 2 is 2.22 bits per heavy atom. The van der Waals surface area contributed by atoms with Crippen LogP contribution in [0.25, 0.3) is 0 Å². The van der Waals surface area contributed by atoms with Gasteiger partial charge in [-0.2, -0.15) is 0 Å². The van der Waals surface area contributed by atoms with E-state index >= 15 is 0 Å². The minimum atomic E-state index is -0.806. The highest BCUT2D eigenvalue weighted by atomic mass is 79.9. The number of aliphatic hydroxyl groups excluding tert-OH is 1. The number of rotatable bonds is 2. The predicted octanol–water partition coefficient (Wildman–Crippen LogP) is 2.11. The highest BCUT2D eigenvalue weighted by Gasteiger charge is 2.35. The standard InChI is InChI=1S/C10H8BrClN2O4/c11-7-1-5(12)2-8(14(17)18)10(7)13-4-6(15)3-9(13)16/h1-2,6,15H,3-4H2. The molecule has 8 heteroatoms. The molecular weight excluding hydrogens is 327 g/mol. The number of hydrogen-bond acceptors (Lipinski definition) is 4. The van der Waals surface area contributed by atoms with Gasteiger partial charge in [-0.3, -0.25) is 14.9 Å². The molecule has 1 heterocycles. The molecule has 1 fully saturated rings. The summed E-state index contributed by atoms with van der Waals surface area (Å²) in [5, 5.41) is 20.6.